The molecule has 0 aromatic carbocycles. The van der Waals surface area contributed by atoms with Crippen LogP contribution in [0, 0.1) is 0 Å². The van der Waals surface area contributed by atoms with Gasteiger partial charge in [0.15, 0.2) is 0 Å². The van der Waals surface area contributed by atoms with Gasteiger partial charge < -0.3 is 14.2 Å². The van der Waals surface area contributed by atoms with Crippen molar-refractivity contribution in [2.24, 2.45) is 5.73 Å². The molecule has 0 radical (unpaired) electrons. The molecule has 4 nitrogen and oxygen atoms in total. The molecular formula is C16H35NO3. The van der Waals surface area contributed by atoms with E-state index < -0.39 is 5.91 Å². The van der Waals surface area contributed by atoms with E-state index in [0.717, 1.165) is 13.0 Å². The van der Waals surface area contributed by atoms with Crippen LogP contribution in [0.4, 0.5) is 0 Å². The fraction of sp³-hybridized carbons (Fsp3) is 1.00. The second-order valence-electron chi connectivity index (χ2n) is 5.45. The van der Waals surface area contributed by atoms with Gasteiger partial charge in [-0.2, -0.15) is 0 Å². The Balaban J connectivity index is 3.17. The van der Waals surface area contributed by atoms with Crippen molar-refractivity contribution in [2.45, 2.75) is 77.0 Å². The van der Waals surface area contributed by atoms with Crippen molar-refractivity contribution in [1.29, 1.82) is 0 Å². The standard InChI is InChI=1S/C16H35NO3/c1-4-5-6-7-8-9-10-11-12-13-14-20-15-16(17,18-2)19-3/h4-15,17H2,1-3H3. The van der Waals surface area contributed by atoms with Gasteiger partial charge >= 0.3 is 0 Å². The fourth-order valence-electron chi connectivity index (χ4n) is 2.11. The lowest BCUT2D eigenvalue weighted by Gasteiger charge is -2.25. The minimum atomic E-state index is -1.10. The van der Waals surface area contributed by atoms with Crippen LogP contribution in [0.25, 0.3) is 0 Å². The summed E-state index contributed by atoms with van der Waals surface area (Å²) >= 11 is 0. The fourth-order valence-corrected chi connectivity index (χ4v) is 2.11. The molecule has 0 spiro atoms. The molecule has 0 amide bonds. The summed E-state index contributed by atoms with van der Waals surface area (Å²) in [6.07, 6.45) is 13.3. The first kappa shape index (κ1) is 19.8. The second-order valence-corrected chi connectivity index (χ2v) is 5.45. The summed E-state index contributed by atoms with van der Waals surface area (Å²) in [6.45, 7) is 3.26. The highest BCUT2D eigenvalue weighted by atomic mass is 16.7. The van der Waals surface area contributed by atoms with E-state index in [1.165, 1.54) is 72.0 Å². The van der Waals surface area contributed by atoms with Gasteiger partial charge in [-0.3, -0.25) is 5.73 Å². The molecule has 4 heteroatoms. The van der Waals surface area contributed by atoms with Gasteiger partial charge in [0.1, 0.15) is 6.61 Å². The van der Waals surface area contributed by atoms with Crippen molar-refractivity contribution in [3.63, 3.8) is 0 Å². The van der Waals surface area contributed by atoms with E-state index in [2.05, 4.69) is 6.92 Å². The number of hydrogen-bond donors (Lipinski definition) is 1. The molecule has 20 heavy (non-hydrogen) atoms. The van der Waals surface area contributed by atoms with Crippen LogP contribution >= 0.6 is 0 Å². The Morgan fingerprint density at radius 2 is 1.20 bits per heavy atom. The van der Waals surface area contributed by atoms with Crippen LogP contribution in [0.15, 0.2) is 0 Å². The van der Waals surface area contributed by atoms with Gasteiger partial charge in [-0.1, -0.05) is 64.7 Å². The minimum absolute atomic E-state index is 0.275. The molecule has 0 heterocycles. The van der Waals surface area contributed by atoms with Crippen molar-refractivity contribution in [2.75, 3.05) is 27.4 Å². The summed E-state index contributed by atoms with van der Waals surface area (Å²) in [5, 5.41) is 0. The first-order valence-electron chi connectivity index (χ1n) is 8.15. The number of ether oxygens (including phenoxy) is 3. The molecule has 0 aromatic heterocycles. The molecule has 0 unspecified atom stereocenters. The first-order chi connectivity index (χ1) is 9.68. The molecule has 0 aliphatic heterocycles. The average molecular weight is 289 g/mol. The molecule has 2 N–H and O–H groups in total. The molecule has 0 atom stereocenters. The summed E-state index contributed by atoms with van der Waals surface area (Å²) in [4.78, 5) is 0. The Labute approximate surface area is 125 Å². The van der Waals surface area contributed by atoms with E-state index in [1.54, 1.807) is 0 Å². The maximum absolute atomic E-state index is 5.76. The molecule has 0 fully saturated rings. The predicted molar refractivity (Wildman–Crippen MR) is 83.6 cm³/mol. The lowest BCUT2D eigenvalue weighted by Crippen LogP contribution is -2.48. The van der Waals surface area contributed by atoms with Crippen LogP contribution in [0.1, 0.15) is 71.1 Å². The topological polar surface area (TPSA) is 53.7 Å². The van der Waals surface area contributed by atoms with Crippen molar-refractivity contribution in [3.8, 4) is 0 Å². The monoisotopic (exact) mass is 289 g/mol. The van der Waals surface area contributed by atoms with Crippen LogP contribution in [0.3, 0.4) is 0 Å². The third kappa shape index (κ3) is 11.6. The molecular weight excluding hydrogens is 254 g/mol. The Morgan fingerprint density at radius 3 is 1.65 bits per heavy atom. The van der Waals surface area contributed by atoms with Crippen molar-refractivity contribution in [3.05, 3.63) is 0 Å². The number of methoxy groups -OCH3 is 2. The molecule has 0 saturated carbocycles. The Hall–Kier alpha value is -0.160. The summed E-state index contributed by atoms with van der Waals surface area (Å²) in [7, 11) is 3.04. The van der Waals surface area contributed by atoms with Gasteiger partial charge in [0, 0.05) is 20.8 Å². The highest BCUT2D eigenvalue weighted by Gasteiger charge is 2.23. The molecule has 122 valence electrons. The Bertz CT molecular complexity index is 196. The SMILES string of the molecule is CCCCCCCCCCCCOCC(N)(OC)OC. The number of rotatable bonds is 15. The second kappa shape index (κ2) is 13.8. The van der Waals surface area contributed by atoms with Crippen LogP contribution in [0.2, 0.25) is 0 Å². The average Bonchev–Trinajstić information content (AvgIpc) is 2.48. The van der Waals surface area contributed by atoms with Crippen LogP contribution in [-0.2, 0) is 14.2 Å². The molecule has 0 aromatic rings. The van der Waals surface area contributed by atoms with Crippen molar-refractivity contribution in [1.82, 2.24) is 0 Å². The summed E-state index contributed by atoms with van der Waals surface area (Å²) in [6, 6.07) is 0. The van der Waals surface area contributed by atoms with Gasteiger partial charge in [0.2, 0.25) is 5.91 Å². The number of nitrogens with two attached hydrogens (primary N) is 1. The van der Waals surface area contributed by atoms with Gasteiger partial charge in [0.05, 0.1) is 0 Å². The van der Waals surface area contributed by atoms with E-state index in [1.807, 2.05) is 0 Å². The quantitative estimate of drug-likeness (QED) is 0.368. The van der Waals surface area contributed by atoms with Gasteiger partial charge in [-0.25, -0.2) is 0 Å². The predicted octanol–water partition coefficient (Wildman–Crippen LogP) is 3.83. The lowest BCUT2D eigenvalue weighted by molar-refractivity contribution is -0.231. The van der Waals surface area contributed by atoms with E-state index in [-0.39, 0.29) is 6.61 Å². The lowest BCUT2D eigenvalue weighted by atomic mass is 10.1. The largest absolute Gasteiger partial charge is 0.374 e. The van der Waals surface area contributed by atoms with Crippen LogP contribution in [0.5, 0.6) is 0 Å². The number of hydrogen-bond acceptors (Lipinski definition) is 4. The van der Waals surface area contributed by atoms with Gasteiger partial charge in [-0.05, 0) is 6.42 Å². The summed E-state index contributed by atoms with van der Waals surface area (Å²) in [5.74, 6) is -1.10. The zero-order chi connectivity index (χ0) is 15.1. The maximum atomic E-state index is 5.76. The summed E-state index contributed by atoms with van der Waals surface area (Å²) < 4.78 is 15.5. The van der Waals surface area contributed by atoms with Crippen molar-refractivity contribution < 1.29 is 14.2 Å². The highest BCUT2D eigenvalue weighted by molar-refractivity contribution is 4.57. The number of unbranched alkanes of at least 4 members (excludes halogenated alkanes) is 9. The van der Waals surface area contributed by atoms with E-state index in [4.69, 9.17) is 19.9 Å². The minimum Gasteiger partial charge on any atom is -0.374 e. The molecule has 0 bridgehead atoms. The maximum Gasteiger partial charge on any atom is 0.249 e. The van der Waals surface area contributed by atoms with Crippen LogP contribution in [-0.4, -0.2) is 33.3 Å². The highest BCUT2D eigenvalue weighted by Crippen LogP contribution is 2.10. The van der Waals surface area contributed by atoms with Gasteiger partial charge in [-0.15, -0.1) is 0 Å². The van der Waals surface area contributed by atoms with Gasteiger partial charge in [0.25, 0.3) is 0 Å². The van der Waals surface area contributed by atoms with Crippen molar-refractivity contribution >= 4 is 0 Å². The third-order valence-corrected chi connectivity index (χ3v) is 3.64. The normalized spacial score (nSPS) is 12.0. The molecule has 0 saturated heterocycles. The molecule has 0 aliphatic rings. The zero-order valence-electron chi connectivity index (χ0n) is 13.8. The summed E-state index contributed by atoms with van der Waals surface area (Å²) in [5.41, 5.74) is 5.76. The van der Waals surface area contributed by atoms with E-state index in [0.29, 0.717) is 0 Å². The van der Waals surface area contributed by atoms with E-state index in [9.17, 15) is 0 Å². The Kier molecular flexibility index (Phi) is 13.7. The molecule has 0 aliphatic carbocycles. The smallest absolute Gasteiger partial charge is 0.249 e. The molecule has 0 rings (SSSR count). The zero-order valence-corrected chi connectivity index (χ0v) is 13.8. The third-order valence-electron chi connectivity index (χ3n) is 3.64. The first-order valence-corrected chi connectivity index (χ1v) is 8.15. The Morgan fingerprint density at radius 1 is 0.750 bits per heavy atom. The van der Waals surface area contributed by atoms with Crippen LogP contribution < -0.4 is 5.73 Å². The van der Waals surface area contributed by atoms with E-state index >= 15 is 0 Å².